The van der Waals surface area contributed by atoms with Crippen molar-refractivity contribution in [2.24, 2.45) is 0 Å². The van der Waals surface area contributed by atoms with Crippen molar-refractivity contribution < 1.29 is 4.39 Å². The number of hydrogen-bond acceptors (Lipinski definition) is 2. The second-order valence-corrected chi connectivity index (χ2v) is 5.20. The number of hydrogen-bond donors (Lipinski definition) is 1. The molecule has 0 bridgehead atoms. The van der Waals surface area contributed by atoms with Gasteiger partial charge < -0.3 is 5.32 Å². The predicted molar refractivity (Wildman–Crippen MR) is 77.4 cm³/mol. The van der Waals surface area contributed by atoms with E-state index in [0.717, 1.165) is 5.56 Å². The molecule has 1 heterocycles. The summed E-state index contributed by atoms with van der Waals surface area (Å²) in [5.41, 5.74) is 1.45. The third-order valence-electron chi connectivity index (χ3n) is 2.86. The molecule has 100 valence electrons. The maximum absolute atomic E-state index is 13.5. The van der Waals surface area contributed by atoms with Crippen LogP contribution in [0.5, 0.6) is 0 Å². The van der Waals surface area contributed by atoms with E-state index < -0.39 is 0 Å². The van der Waals surface area contributed by atoms with Crippen LogP contribution in [0.15, 0.2) is 30.5 Å². The fourth-order valence-electron chi connectivity index (χ4n) is 1.69. The minimum atomic E-state index is -0.221. The molecule has 0 aliphatic carbocycles. The molecule has 0 amide bonds. The lowest BCUT2D eigenvalue weighted by atomic mass is 10.1. The Bertz CT molecular complexity index is 602. The van der Waals surface area contributed by atoms with Crippen LogP contribution in [0.2, 0.25) is 10.0 Å². The maximum Gasteiger partial charge on any atom is 0.145 e. The highest BCUT2D eigenvalue weighted by Gasteiger charge is 2.10. The van der Waals surface area contributed by atoms with E-state index >= 15 is 0 Å². The fourth-order valence-corrected chi connectivity index (χ4v) is 2.12. The Hall–Kier alpha value is -1.32. The van der Waals surface area contributed by atoms with Gasteiger partial charge in [0.1, 0.15) is 11.6 Å². The van der Waals surface area contributed by atoms with Gasteiger partial charge >= 0.3 is 0 Å². The molecular weight excluding hydrogens is 286 g/mol. The van der Waals surface area contributed by atoms with Crippen LogP contribution < -0.4 is 5.32 Å². The van der Waals surface area contributed by atoms with Gasteiger partial charge in [-0.25, -0.2) is 9.37 Å². The van der Waals surface area contributed by atoms with Crippen molar-refractivity contribution in [3.8, 4) is 0 Å². The molecule has 1 unspecified atom stereocenters. The molecule has 0 spiro atoms. The molecule has 2 rings (SSSR count). The Morgan fingerprint density at radius 1 is 1.26 bits per heavy atom. The van der Waals surface area contributed by atoms with E-state index in [2.05, 4.69) is 10.3 Å². The molecule has 2 aromatic rings. The summed E-state index contributed by atoms with van der Waals surface area (Å²) in [4.78, 5) is 4.11. The average molecular weight is 299 g/mol. The van der Waals surface area contributed by atoms with Gasteiger partial charge in [-0.05, 0) is 37.1 Å². The monoisotopic (exact) mass is 298 g/mol. The number of aromatic nitrogens is 1. The van der Waals surface area contributed by atoms with Gasteiger partial charge in [0.05, 0.1) is 16.1 Å². The molecule has 0 aliphatic rings. The summed E-state index contributed by atoms with van der Waals surface area (Å²) in [6.45, 7) is 3.64. The van der Waals surface area contributed by atoms with Gasteiger partial charge in [0.2, 0.25) is 0 Å². The number of pyridine rings is 1. The summed E-state index contributed by atoms with van der Waals surface area (Å²) in [7, 11) is 0. The molecule has 19 heavy (non-hydrogen) atoms. The van der Waals surface area contributed by atoms with Crippen LogP contribution in [0.4, 0.5) is 10.2 Å². The Kier molecular flexibility index (Phi) is 4.27. The van der Waals surface area contributed by atoms with Crippen LogP contribution in [0.1, 0.15) is 24.1 Å². The van der Waals surface area contributed by atoms with Crippen molar-refractivity contribution >= 4 is 29.0 Å². The first kappa shape index (κ1) is 14.1. The van der Waals surface area contributed by atoms with Crippen molar-refractivity contribution in [2.75, 3.05) is 5.32 Å². The quantitative estimate of drug-likeness (QED) is 0.861. The molecular formula is C14H13Cl2FN2. The molecule has 1 N–H and O–H groups in total. The number of nitrogens with zero attached hydrogens (tertiary/aromatic N) is 1. The molecule has 2 nitrogen and oxygen atoms in total. The van der Waals surface area contributed by atoms with Gasteiger partial charge in [0.15, 0.2) is 0 Å². The number of benzene rings is 1. The van der Waals surface area contributed by atoms with Crippen LogP contribution >= 0.6 is 23.2 Å². The molecule has 0 radical (unpaired) electrons. The van der Waals surface area contributed by atoms with E-state index in [1.165, 1.54) is 12.3 Å². The number of nitrogens with one attached hydrogen (secondary N) is 1. The smallest absolute Gasteiger partial charge is 0.145 e. The zero-order valence-corrected chi connectivity index (χ0v) is 12.1. The van der Waals surface area contributed by atoms with Crippen LogP contribution in [0, 0.1) is 12.7 Å². The Labute approximate surface area is 121 Å². The molecule has 0 fully saturated rings. The molecule has 0 saturated carbocycles. The third-order valence-corrected chi connectivity index (χ3v) is 3.35. The van der Waals surface area contributed by atoms with Gasteiger partial charge in [0.25, 0.3) is 0 Å². The van der Waals surface area contributed by atoms with E-state index in [1.807, 2.05) is 13.0 Å². The fraction of sp³-hybridized carbons (Fsp3) is 0.214. The number of anilines is 1. The van der Waals surface area contributed by atoms with Crippen LogP contribution in [0.3, 0.4) is 0 Å². The third kappa shape index (κ3) is 3.37. The lowest BCUT2D eigenvalue weighted by molar-refractivity contribution is 0.614. The number of halogens is 3. The first-order valence-corrected chi connectivity index (χ1v) is 6.56. The Morgan fingerprint density at radius 2 is 2.00 bits per heavy atom. The summed E-state index contributed by atoms with van der Waals surface area (Å²) in [6, 6.07) is 6.64. The largest absolute Gasteiger partial charge is 0.362 e. The Balaban J connectivity index is 2.20. The van der Waals surface area contributed by atoms with Crippen molar-refractivity contribution in [3.05, 3.63) is 57.5 Å². The van der Waals surface area contributed by atoms with Crippen molar-refractivity contribution in [3.63, 3.8) is 0 Å². The van der Waals surface area contributed by atoms with E-state index in [9.17, 15) is 4.39 Å². The summed E-state index contributed by atoms with van der Waals surface area (Å²) in [6.07, 6.45) is 1.51. The highest BCUT2D eigenvalue weighted by Crippen LogP contribution is 2.26. The van der Waals surface area contributed by atoms with Crippen molar-refractivity contribution in [1.82, 2.24) is 4.98 Å². The van der Waals surface area contributed by atoms with Crippen molar-refractivity contribution in [1.29, 1.82) is 0 Å². The maximum atomic E-state index is 13.5. The zero-order valence-electron chi connectivity index (χ0n) is 10.5. The predicted octanol–water partition coefficient (Wildman–Crippen LogP) is 5.01. The standard InChI is InChI=1S/C14H13Cl2FN2/c1-8-3-4-10(5-13(8)17)9(2)19-14-12(16)6-11(15)7-18-14/h3-7,9H,1-2H3,(H,18,19). The molecule has 1 aromatic carbocycles. The molecule has 0 saturated heterocycles. The van der Waals surface area contributed by atoms with E-state index in [0.29, 0.717) is 21.4 Å². The van der Waals surface area contributed by atoms with E-state index in [4.69, 9.17) is 23.2 Å². The normalized spacial score (nSPS) is 12.3. The van der Waals surface area contributed by atoms with Crippen LogP contribution in [-0.2, 0) is 0 Å². The van der Waals surface area contributed by atoms with Gasteiger partial charge in [0, 0.05) is 6.20 Å². The number of aryl methyl sites for hydroxylation is 1. The zero-order chi connectivity index (χ0) is 14.0. The highest BCUT2D eigenvalue weighted by atomic mass is 35.5. The van der Waals surface area contributed by atoms with Gasteiger partial charge in [-0.2, -0.15) is 0 Å². The first-order valence-electron chi connectivity index (χ1n) is 5.81. The van der Waals surface area contributed by atoms with Gasteiger partial charge in [-0.3, -0.25) is 0 Å². The topological polar surface area (TPSA) is 24.9 Å². The molecule has 0 aliphatic heterocycles. The molecule has 5 heteroatoms. The SMILES string of the molecule is Cc1ccc(C(C)Nc2ncc(Cl)cc2Cl)cc1F. The average Bonchev–Trinajstić information content (AvgIpc) is 2.36. The first-order chi connectivity index (χ1) is 8.97. The van der Waals surface area contributed by atoms with Crippen LogP contribution in [-0.4, -0.2) is 4.98 Å². The second kappa shape index (κ2) is 5.76. The summed E-state index contributed by atoms with van der Waals surface area (Å²) in [5.74, 6) is 0.306. The van der Waals surface area contributed by atoms with Crippen LogP contribution in [0.25, 0.3) is 0 Å². The summed E-state index contributed by atoms with van der Waals surface area (Å²) in [5, 5.41) is 4.05. The van der Waals surface area contributed by atoms with Gasteiger partial charge in [-0.15, -0.1) is 0 Å². The number of rotatable bonds is 3. The van der Waals surface area contributed by atoms with Crippen molar-refractivity contribution in [2.45, 2.75) is 19.9 Å². The summed E-state index contributed by atoms with van der Waals surface area (Å²) < 4.78 is 13.5. The summed E-state index contributed by atoms with van der Waals surface area (Å²) >= 11 is 11.8. The highest BCUT2D eigenvalue weighted by molar-refractivity contribution is 6.35. The molecule has 1 aromatic heterocycles. The second-order valence-electron chi connectivity index (χ2n) is 4.36. The lowest BCUT2D eigenvalue weighted by Crippen LogP contribution is -2.08. The minimum absolute atomic E-state index is 0.110. The Morgan fingerprint density at radius 3 is 2.63 bits per heavy atom. The van der Waals surface area contributed by atoms with Gasteiger partial charge in [-0.1, -0.05) is 35.3 Å². The lowest BCUT2D eigenvalue weighted by Gasteiger charge is -2.16. The minimum Gasteiger partial charge on any atom is -0.362 e. The molecule has 1 atom stereocenters. The van der Waals surface area contributed by atoms with E-state index in [1.54, 1.807) is 19.1 Å². The van der Waals surface area contributed by atoms with E-state index in [-0.39, 0.29) is 11.9 Å².